The normalized spacial score (nSPS) is 20.7. The summed E-state index contributed by atoms with van der Waals surface area (Å²) in [7, 11) is 0. The van der Waals surface area contributed by atoms with Gasteiger partial charge in [0.05, 0.1) is 26.4 Å². The summed E-state index contributed by atoms with van der Waals surface area (Å²) < 4.78 is 27.7. The number of fused-ring (bicyclic) bond motifs is 1. The van der Waals surface area contributed by atoms with Gasteiger partial charge >= 0.3 is 0 Å². The molecule has 8 heteroatoms. The molecule has 204 valence electrons. The highest BCUT2D eigenvalue weighted by molar-refractivity contribution is 5.48. The van der Waals surface area contributed by atoms with E-state index in [2.05, 4.69) is 22.1 Å². The van der Waals surface area contributed by atoms with E-state index in [0.29, 0.717) is 38.0 Å². The molecule has 5 aromatic rings. The molecule has 4 atom stereocenters. The van der Waals surface area contributed by atoms with Crippen LogP contribution >= 0.6 is 0 Å². The number of hydrogen-bond donors (Lipinski definition) is 1. The summed E-state index contributed by atoms with van der Waals surface area (Å²) >= 11 is 0. The Labute approximate surface area is 233 Å². The fourth-order valence-electron chi connectivity index (χ4n) is 5.03. The van der Waals surface area contributed by atoms with Gasteiger partial charge in [-0.15, -0.1) is 0 Å². The van der Waals surface area contributed by atoms with E-state index in [1.54, 1.807) is 4.40 Å². The fourth-order valence-corrected chi connectivity index (χ4v) is 5.03. The highest BCUT2D eigenvalue weighted by Crippen LogP contribution is 2.39. The number of ether oxygens (including phenoxy) is 4. The maximum Gasteiger partial charge on any atom is 0.207 e. The summed E-state index contributed by atoms with van der Waals surface area (Å²) in [5, 5.41) is 0. The highest BCUT2D eigenvalue weighted by Gasteiger charge is 2.47. The molecular weight excluding hydrogens is 504 g/mol. The van der Waals surface area contributed by atoms with Crippen molar-refractivity contribution < 1.29 is 18.9 Å². The Kier molecular flexibility index (Phi) is 8.11. The summed E-state index contributed by atoms with van der Waals surface area (Å²) in [6, 6.07) is 32.3. The predicted octanol–water partition coefficient (Wildman–Crippen LogP) is 5.14. The minimum Gasteiger partial charge on any atom is -0.374 e. The summed E-state index contributed by atoms with van der Waals surface area (Å²) in [4.78, 5) is 8.49. The number of rotatable bonds is 11. The quantitative estimate of drug-likeness (QED) is 0.250. The molecule has 40 heavy (non-hydrogen) atoms. The minimum absolute atomic E-state index is 0.353. The first kappa shape index (κ1) is 26.2. The van der Waals surface area contributed by atoms with E-state index < -0.39 is 12.2 Å². The molecule has 2 aromatic heterocycles. The van der Waals surface area contributed by atoms with Gasteiger partial charge < -0.3 is 24.7 Å². The minimum atomic E-state index is -0.420. The first-order chi connectivity index (χ1) is 19.7. The van der Waals surface area contributed by atoms with E-state index in [1.165, 1.54) is 6.33 Å². The Morgan fingerprint density at radius 1 is 0.725 bits per heavy atom. The van der Waals surface area contributed by atoms with Crippen molar-refractivity contribution >= 4 is 11.6 Å². The Balaban J connectivity index is 1.28. The third-order valence-corrected chi connectivity index (χ3v) is 7.05. The first-order valence-electron chi connectivity index (χ1n) is 13.4. The van der Waals surface area contributed by atoms with Crippen LogP contribution in [0.5, 0.6) is 0 Å². The largest absolute Gasteiger partial charge is 0.374 e. The van der Waals surface area contributed by atoms with Gasteiger partial charge in [-0.2, -0.15) is 0 Å². The van der Waals surface area contributed by atoms with Gasteiger partial charge in [0.25, 0.3) is 0 Å². The number of nitrogens with zero attached hydrogens (tertiary/aromatic N) is 3. The zero-order valence-electron chi connectivity index (χ0n) is 22.1. The second-order valence-corrected chi connectivity index (χ2v) is 9.85. The third-order valence-electron chi connectivity index (χ3n) is 7.05. The highest BCUT2D eigenvalue weighted by atomic mass is 16.6. The maximum absolute atomic E-state index is 6.68. The van der Waals surface area contributed by atoms with Crippen LogP contribution in [0.4, 0.5) is 5.95 Å². The smallest absolute Gasteiger partial charge is 0.207 e. The van der Waals surface area contributed by atoms with E-state index in [9.17, 15) is 0 Å². The molecular formula is C32H32N4O4. The van der Waals surface area contributed by atoms with Crippen molar-refractivity contribution in [3.63, 3.8) is 0 Å². The molecule has 8 nitrogen and oxygen atoms in total. The lowest BCUT2D eigenvalue weighted by molar-refractivity contribution is -0.0898. The molecule has 2 N–H and O–H groups in total. The van der Waals surface area contributed by atoms with Gasteiger partial charge in [0.15, 0.2) is 0 Å². The molecule has 1 aliphatic heterocycles. The summed E-state index contributed by atoms with van der Waals surface area (Å²) in [5.41, 5.74) is 11.0. The molecule has 0 amide bonds. The number of hydrogen-bond acceptors (Lipinski definition) is 7. The number of nitrogen functional groups attached to an aromatic ring is 1. The van der Waals surface area contributed by atoms with E-state index in [-0.39, 0.29) is 12.2 Å². The van der Waals surface area contributed by atoms with Gasteiger partial charge in [-0.1, -0.05) is 91.0 Å². The van der Waals surface area contributed by atoms with Crippen LogP contribution in [-0.4, -0.2) is 39.3 Å². The number of anilines is 1. The molecule has 0 unspecified atom stereocenters. The van der Waals surface area contributed by atoms with Gasteiger partial charge in [0.1, 0.15) is 36.4 Å². The van der Waals surface area contributed by atoms with Crippen LogP contribution in [0, 0.1) is 0 Å². The SMILES string of the molecule is Nc1ncnc2cc([C@@H]3O[C@H](COCc4ccccc4)[C@@H](OCc4ccccc4)[C@H]3OCc3ccccc3)cn12. The van der Waals surface area contributed by atoms with Crippen LogP contribution in [0.1, 0.15) is 28.4 Å². The molecule has 1 aliphatic rings. The Bertz CT molecular complexity index is 1500. The van der Waals surface area contributed by atoms with Crippen molar-refractivity contribution in [3.8, 4) is 0 Å². The Morgan fingerprint density at radius 3 is 1.90 bits per heavy atom. The number of aromatic nitrogens is 3. The Hall–Kier alpha value is -4.08. The maximum atomic E-state index is 6.68. The summed E-state index contributed by atoms with van der Waals surface area (Å²) in [5.74, 6) is 0.357. The second kappa shape index (κ2) is 12.4. The molecule has 1 saturated heterocycles. The monoisotopic (exact) mass is 536 g/mol. The second-order valence-electron chi connectivity index (χ2n) is 9.85. The number of benzene rings is 3. The van der Waals surface area contributed by atoms with Crippen LogP contribution in [-0.2, 0) is 38.8 Å². The van der Waals surface area contributed by atoms with Crippen LogP contribution in [0.3, 0.4) is 0 Å². The lowest BCUT2D eigenvalue weighted by atomic mass is 10.0. The molecule has 0 bridgehead atoms. The van der Waals surface area contributed by atoms with Crippen molar-refractivity contribution in [2.45, 2.75) is 44.2 Å². The van der Waals surface area contributed by atoms with E-state index in [1.807, 2.05) is 91.1 Å². The lowest BCUT2D eigenvalue weighted by Gasteiger charge is -2.25. The molecule has 3 aromatic carbocycles. The van der Waals surface area contributed by atoms with Crippen molar-refractivity contribution in [3.05, 3.63) is 132 Å². The lowest BCUT2D eigenvalue weighted by Crippen LogP contribution is -2.37. The molecule has 0 aliphatic carbocycles. The van der Waals surface area contributed by atoms with Gasteiger partial charge in [0.2, 0.25) is 5.95 Å². The van der Waals surface area contributed by atoms with Crippen molar-refractivity contribution in [1.82, 2.24) is 14.4 Å². The third kappa shape index (κ3) is 6.05. The van der Waals surface area contributed by atoms with Gasteiger partial charge in [0, 0.05) is 11.8 Å². The Morgan fingerprint density at radius 2 is 1.30 bits per heavy atom. The molecule has 0 radical (unpaired) electrons. The fraction of sp³-hybridized carbons (Fsp3) is 0.250. The predicted molar refractivity (Wildman–Crippen MR) is 151 cm³/mol. The zero-order chi connectivity index (χ0) is 27.1. The molecule has 0 saturated carbocycles. The standard InChI is InChI=1S/C32H32N4O4/c33-32-35-22-34-28-16-26(17-36(28)32)29-31(39-20-25-14-8-3-9-15-25)30(38-19-24-12-6-2-7-13-24)27(40-29)21-37-18-23-10-4-1-5-11-23/h1-17,22,27,29-31H,18-21H2,(H2,33,34,35)/t27-,29+,30-,31+/m1/s1. The summed E-state index contributed by atoms with van der Waals surface area (Å²) in [6.07, 6.45) is 1.81. The van der Waals surface area contributed by atoms with Crippen molar-refractivity contribution in [1.29, 1.82) is 0 Å². The zero-order valence-corrected chi connectivity index (χ0v) is 22.1. The van der Waals surface area contributed by atoms with E-state index in [4.69, 9.17) is 24.7 Å². The average molecular weight is 537 g/mol. The van der Waals surface area contributed by atoms with E-state index >= 15 is 0 Å². The van der Waals surface area contributed by atoms with Crippen molar-refractivity contribution in [2.75, 3.05) is 12.3 Å². The van der Waals surface area contributed by atoms with Gasteiger partial charge in [-0.05, 0) is 22.8 Å². The van der Waals surface area contributed by atoms with Gasteiger partial charge in [-0.25, -0.2) is 9.97 Å². The average Bonchev–Trinajstić information content (AvgIpc) is 3.59. The molecule has 3 heterocycles. The number of nitrogens with two attached hydrogens (primary N) is 1. The van der Waals surface area contributed by atoms with Crippen LogP contribution in [0.25, 0.3) is 5.65 Å². The molecule has 1 fully saturated rings. The molecule has 6 rings (SSSR count). The van der Waals surface area contributed by atoms with Crippen molar-refractivity contribution in [2.24, 2.45) is 0 Å². The van der Waals surface area contributed by atoms with Crippen LogP contribution in [0.15, 0.2) is 110 Å². The van der Waals surface area contributed by atoms with E-state index in [0.717, 1.165) is 22.3 Å². The topological polar surface area (TPSA) is 93.1 Å². The van der Waals surface area contributed by atoms with Crippen LogP contribution < -0.4 is 5.73 Å². The summed E-state index contributed by atoms with van der Waals surface area (Å²) in [6.45, 7) is 1.68. The van der Waals surface area contributed by atoms with Crippen LogP contribution in [0.2, 0.25) is 0 Å². The first-order valence-corrected chi connectivity index (χ1v) is 13.4. The van der Waals surface area contributed by atoms with Gasteiger partial charge in [-0.3, -0.25) is 4.40 Å². The molecule has 0 spiro atoms.